The van der Waals surface area contributed by atoms with Gasteiger partial charge in [-0.3, -0.25) is 0 Å². The first-order valence-electron chi connectivity index (χ1n) is 10.1. The smallest absolute Gasteiger partial charge is 0.0875 e. The second-order valence-corrected chi connectivity index (χ2v) is 8.51. The summed E-state index contributed by atoms with van der Waals surface area (Å²) in [6.07, 6.45) is 11.0. The van der Waals surface area contributed by atoms with Gasteiger partial charge in [0.1, 0.15) is 0 Å². The topological polar surface area (TPSA) is 15.3 Å². The normalized spacial score (nSPS) is 20.7. The third-order valence-corrected chi connectivity index (χ3v) is 6.27. The molecule has 0 saturated heterocycles. The van der Waals surface area contributed by atoms with Crippen molar-refractivity contribution >= 4 is 27.3 Å². The Kier molecular flexibility index (Phi) is 4.56. The molecule has 3 heteroatoms. The highest BCUT2D eigenvalue weighted by molar-refractivity contribution is 9.11. The molecule has 5 rings (SSSR count). The van der Waals surface area contributed by atoms with Crippen molar-refractivity contribution in [2.75, 3.05) is 5.32 Å². The lowest BCUT2D eigenvalue weighted by molar-refractivity contribution is 0.368. The lowest BCUT2D eigenvalue weighted by Gasteiger charge is -2.45. The Bertz CT molecular complexity index is 1120. The van der Waals surface area contributed by atoms with E-state index in [9.17, 15) is 0 Å². The van der Waals surface area contributed by atoms with E-state index in [0.29, 0.717) is 6.04 Å². The number of benzene rings is 2. The predicted molar refractivity (Wildman–Crippen MR) is 125 cm³/mol. The summed E-state index contributed by atoms with van der Waals surface area (Å²) in [6, 6.07) is 19.7. The van der Waals surface area contributed by atoms with Gasteiger partial charge in [-0.05, 0) is 49.3 Å². The molecule has 0 aliphatic carbocycles. The lowest BCUT2D eigenvalue weighted by Crippen LogP contribution is -2.38. The van der Waals surface area contributed by atoms with Crippen LogP contribution in [0.3, 0.4) is 0 Å². The first-order chi connectivity index (χ1) is 14.2. The standard InChI is InChI=1S/C26H23BrN2/c1-3-4-12-20(17(2)28-19-10-6-5-7-11-19)25-24-16-18(27)15-23-21-13-8-9-14-22(21)26(25)29(23)24/h3-17,26,28H,1-2H3/b4-3-,20-12+. The van der Waals surface area contributed by atoms with Gasteiger partial charge in [0.05, 0.1) is 11.7 Å². The molecule has 0 aromatic heterocycles. The van der Waals surface area contributed by atoms with E-state index in [4.69, 9.17) is 0 Å². The number of allylic oxidation sites excluding steroid dienone is 6. The molecule has 0 amide bonds. The largest absolute Gasteiger partial charge is 0.379 e. The Morgan fingerprint density at radius 1 is 1.07 bits per heavy atom. The van der Waals surface area contributed by atoms with E-state index >= 15 is 0 Å². The maximum Gasteiger partial charge on any atom is 0.0875 e. The fraction of sp³-hybridized carbons (Fsp3) is 0.154. The average Bonchev–Trinajstić information content (AvgIpc) is 3.03. The number of fused-ring (bicyclic) bond motifs is 3. The number of rotatable bonds is 5. The van der Waals surface area contributed by atoms with Gasteiger partial charge in [0, 0.05) is 33.0 Å². The summed E-state index contributed by atoms with van der Waals surface area (Å²) < 4.78 is 1.13. The fourth-order valence-electron chi connectivity index (χ4n) is 4.57. The molecule has 0 bridgehead atoms. The SMILES string of the molecule is C/C=C\C=C(\C1=C2C=C(Br)C=C3c4ccccc4C1N32)C(C)Nc1ccccc1. The van der Waals surface area contributed by atoms with Crippen molar-refractivity contribution in [3.63, 3.8) is 0 Å². The molecule has 2 aromatic carbocycles. The minimum atomic E-state index is 0.188. The van der Waals surface area contributed by atoms with Gasteiger partial charge < -0.3 is 10.2 Å². The number of nitrogens with one attached hydrogen (secondary N) is 1. The zero-order chi connectivity index (χ0) is 20.0. The summed E-state index contributed by atoms with van der Waals surface area (Å²) >= 11 is 3.74. The summed E-state index contributed by atoms with van der Waals surface area (Å²) in [5, 5.41) is 3.69. The average molecular weight is 443 g/mol. The van der Waals surface area contributed by atoms with Crippen LogP contribution in [-0.2, 0) is 0 Å². The van der Waals surface area contributed by atoms with Crippen molar-refractivity contribution in [1.82, 2.24) is 4.90 Å². The van der Waals surface area contributed by atoms with Gasteiger partial charge in [-0.25, -0.2) is 0 Å². The molecule has 3 aliphatic heterocycles. The zero-order valence-electron chi connectivity index (χ0n) is 16.6. The zero-order valence-corrected chi connectivity index (χ0v) is 18.1. The molecule has 1 N–H and O–H groups in total. The molecule has 2 unspecified atom stereocenters. The number of halogens is 1. The summed E-state index contributed by atoms with van der Waals surface area (Å²) in [5.74, 6) is 0. The van der Waals surface area contributed by atoms with Crippen molar-refractivity contribution in [2.45, 2.75) is 25.9 Å². The quantitative estimate of drug-likeness (QED) is 0.503. The molecule has 0 saturated carbocycles. The number of para-hydroxylation sites is 1. The minimum absolute atomic E-state index is 0.188. The van der Waals surface area contributed by atoms with E-state index in [-0.39, 0.29) is 6.04 Å². The summed E-state index contributed by atoms with van der Waals surface area (Å²) in [4.78, 5) is 2.48. The first kappa shape index (κ1) is 18.3. The summed E-state index contributed by atoms with van der Waals surface area (Å²) in [5.41, 5.74) is 9.21. The molecule has 144 valence electrons. The Morgan fingerprint density at radius 3 is 2.62 bits per heavy atom. The highest BCUT2D eigenvalue weighted by atomic mass is 79.9. The van der Waals surface area contributed by atoms with Crippen LogP contribution in [0.25, 0.3) is 5.70 Å². The molecule has 2 nitrogen and oxygen atoms in total. The lowest BCUT2D eigenvalue weighted by atomic mass is 9.81. The molecule has 29 heavy (non-hydrogen) atoms. The minimum Gasteiger partial charge on any atom is -0.379 e. The maximum absolute atomic E-state index is 3.74. The molecular formula is C26H23BrN2. The van der Waals surface area contributed by atoms with E-state index < -0.39 is 0 Å². The van der Waals surface area contributed by atoms with Crippen molar-refractivity contribution in [2.24, 2.45) is 0 Å². The molecule has 0 fully saturated rings. The molecule has 0 spiro atoms. The van der Waals surface area contributed by atoms with Crippen LogP contribution in [0.1, 0.15) is 31.0 Å². The molecule has 3 aliphatic rings. The van der Waals surface area contributed by atoms with Crippen molar-refractivity contribution in [1.29, 1.82) is 0 Å². The third kappa shape index (κ3) is 2.92. The van der Waals surface area contributed by atoms with Crippen LogP contribution < -0.4 is 5.32 Å². The third-order valence-electron chi connectivity index (χ3n) is 5.81. The maximum atomic E-state index is 3.74. The van der Waals surface area contributed by atoms with Gasteiger partial charge in [0.2, 0.25) is 0 Å². The molecular weight excluding hydrogens is 420 g/mol. The fourth-order valence-corrected chi connectivity index (χ4v) is 5.00. The van der Waals surface area contributed by atoms with E-state index in [1.165, 1.54) is 33.7 Å². The van der Waals surface area contributed by atoms with Crippen LogP contribution in [0.4, 0.5) is 5.69 Å². The van der Waals surface area contributed by atoms with Gasteiger partial charge >= 0.3 is 0 Å². The predicted octanol–water partition coefficient (Wildman–Crippen LogP) is 6.95. The number of hydrogen-bond donors (Lipinski definition) is 1. The van der Waals surface area contributed by atoms with Crippen LogP contribution in [0.15, 0.2) is 106 Å². The Morgan fingerprint density at radius 2 is 1.83 bits per heavy atom. The van der Waals surface area contributed by atoms with Gasteiger partial charge in [0.25, 0.3) is 0 Å². The van der Waals surface area contributed by atoms with Crippen LogP contribution in [0.2, 0.25) is 0 Å². The van der Waals surface area contributed by atoms with E-state index in [1.54, 1.807) is 0 Å². The molecule has 2 atom stereocenters. The molecule has 3 heterocycles. The first-order valence-corrected chi connectivity index (χ1v) is 10.8. The van der Waals surface area contributed by atoms with Gasteiger partial charge in [-0.15, -0.1) is 0 Å². The highest BCUT2D eigenvalue weighted by Gasteiger charge is 2.48. The van der Waals surface area contributed by atoms with Crippen molar-refractivity contribution in [3.05, 3.63) is 117 Å². The van der Waals surface area contributed by atoms with Gasteiger partial charge in [-0.1, -0.05) is 76.6 Å². The number of nitrogens with zero attached hydrogens (tertiary/aromatic N) is 1. The number of anilines is 1. The molecule has 2 aromatic rings. The van der Waals surface area contributed by atoms with Crippen molar-refractivity contribution in [3.8, 4) is 0 Å². The van der Waals surface area contributed by atoms with Crippen molar-refractivity contribution < 1.29 is 0 Å². The monoisotopic (exact) mass is 442 g/mol. The van der Waals surface area contributed by atoms with Crippen LogP contribution >= 0.6 is 15.9 Å². The van der Waals surface area contributed by atoms with Crippen LogP contribution in [-0.4, -0.2) is 10.9 Å². The van der Waals surface area contributed by atoms with E-state index in [2.05, 4.69) is 125 Å². The van der Waals surface area contributed by atoms with Crippen LogP contribution in [0.5, 0.6) is 0 Å². The number of hydrogen-bond acceptors (Lipinski definition) is 2. The highest BCUT2D eigenvalue weighted by Crippen LogP contribution is 2.59. The van der Waals surface area contributed by atoms with E-state index in [1.807, 2.05) is 0 Å². The molecule has 0 radical (unpaired) electrons. The second kappa shape index (κ2) is 7.23. The summed E-state index contributed by atoms with van der Waals surface area (Å²) in [6.45, 7) is 4.31. The van der Waals surface area contributed by atoms with E-state index in [0.717, 1.165) is 10.2 Å². The Hall–Kier alpha value is -2.78. The second-order valence-electron chi connectivity index (χ2n) is 7.60. The van der Waals surface area contributed by atoms with Crippen LogP contribution in [0, 0.1) is 0 Å². The van der Waals surface area contributed by atoms with Gasteiger partial charge in [0.15, 0.2) is 0 Å². The Balaban J connectivity index is 1.60. The van der Waals surface area contributed by atoms with Gasteiger partial charge in [-0.2, -0.15) is 0 Å². The summed E-state index contributed by atoms with van der Waals surface area (Å²) in [7, 11) is 0. The Labute approximate surface area is 180 Å².